The van der Waals surface area contributed by atoms with Crippen LogP contribution >= 0.6 is 0 Å². The molecule has 0 spiro atoms. The van der Waals surface area contributed by atoms with E-state index in [9.17, 15) is 17.6 Å². The van der Waals surface area contributed by atoms with Crippen molar-refractivity contribution in [1.82, 2.24) is 4.31 Å². The van der Waals surface area contributed by atoms with Crippen LogP contribution in [0, 0.1) is 5.82 Å². The summed E-state index contributed by atoms with van der Waals surface area (Å²) in [5, 5.41) is 8.73. The molecule has 1 N–H and O–H groups in total. The van der Waals surface area contributed by atoms with Gasteiger partial charge in [0.25, 0.3) is 0 Å². The second-order valence-electron chi connectivity index (χ2n) is 3.64. The fourth-order valence-corrected chi connectivity index (χ4v) is 2.33. The van der Waals surface area contributed by atoms with Crippen molar-refractivity contribution in [3.63, 3.8) is 0 Å². The molecule has 1 rings (SSSR count). The van der Waals surface area contributed by atoms with Gasteiger partial charge in [-0.1, -0.05) is 12.1 Å². The summed E-state index contributed by atoms with van der Waals surface area (Å²) < 4.78 is 38.8. The van der Waals surface area contributed by atoms with E-state index in [1.165, 1.54) is 32.3 Å². The average molecular weight is 276 g/mol. The number of rotatable bonds is 5. The van der Waals surface area contributed by atoms with Crippen LogP contribution in [0.5, 0.6) is 0 Å². The summed E-state index contributed by atoms with van der Waals surface area (Å²) in [6.45, 7) is -0.846. The number of carboxylic acid groups (broad SMARTS) is 1. The minimum absolute atomic E-state index is 0.298. The Labute approximate surface area is 104 Å². The van der Waals surface area contributed by atoms with Crippen molar-refractivity contribution >= 4 is 21.9 Å². The highest BCUT2D eigenvalue weighted by molar-refractivity contribution is 7.90. The van der Waals surface area contributed by atoms with Crippen LogP contribution < -0.4 is 4.31 Å². The predicted octanol–water partition coefficient (Wildman–Crippen LogP) is 0.523. The Morgan fingerprint density at radius 3 is 2.33 bits per heavy atom. The van der Waals surface area contributed by atoms with E-state index in [1.807, 2.05) is 0 Å². The SMILES string of the molecule is CN(C)S(=O)(=O)N(CC(=O)O)c1ccccc1F. The molecular weight excluding hydrogens is 263 g/mol. The molecule has 0 aliphatic carbocycles. The maximum Gasteiger partial charge on any atom is 0.324 e. The van der Waals surface area contributed by atoms with Gasteiger partial charge in [-0.05, 0) is 12.1 Å². The highest BCUT2D eigenvalue weighted by atomic mass is 32.2. The van der Waals surface area contributed by atoms with Crippen molar-refractivity contribution in [2.24, 2.45) is 0 Å². The number of halogens is 1. The normalized spacial score (nSPS) is 11.6. The van der Waals surface area contributed by atoms with Crippen LogP contribution in [0.25, 0.3) is 0 Å². The van der Waals surface area contributed by atoms with Gasteiger partial charge in [0.2, 0.25) is 0 Å². The average Bonchev–Trinajstić information content (AvgIpc) is 2.26. The van der Waals surface area contributed by atoms with Gasteiger partial charge in [0, 0.05) is 14.1 Å². The summed E-state index contributed by atoms with van der Waals surface area (Å²) in [6, 6.07) is 5.09. The monoisotopic (exact) mass is 276 g/mol. The van der Waals surface area contributed by atoms with Gasteiger partial charge in [0.05, 0.1) is 5.69 Å². The number of carbonyl (C=O) groups is 1. The van der Waals surface area contributed by atoms with E-state index in [2.05, 4.69) is 0 Å². The number of para-hydroxylation sites is 1. The lowest BCUT2D eigenvalue weighted by molar-refractivity contribution is -0.135. The molecule has 0 fully saturated rings. The van der Waals surface area contributed by atoms with E-state index >= 15 is 0 Å². The Hall–Kier alpha value is -1.67. The van der Waals surface area contributed by atoms with Crippen molar-refractivity contribution in [3.05, 3.63) is 30.1 Å². The predicted molar refractivity (Wildman–Crippen MR) is 64.0 cm³/mol. The molecule has 100 valence electrons. The second kappa shape index (κ2) is 5.32. The lowest BCUT2D eigenvalue weighted by Crippen LogP contribution is -2.43. The summed E-state index contributed by atoms with van der Waals surface area (Å²) >= 11 is 0. The first kappa shape index (κ1) is 14.4. The number of nitrogens with zero attached hydrogens (tertiary/aromatic N) is 2. The molecule has 0 aromatic heterocycles. The maximum atomic E-state index is 13.6. The van der Waals surface area contributed by atoms with Crippen LogP contribution in [-0.4, -0.2) is 44.4 Å². The van der Waals surface area contributed by atoms with Crippen LogP contribution in [-0.2, 0) is 15.0 Å². The van der Waals surface area contributed by atoms with Crippen LogP contribution in [0.3, 0.4) is 0 Å². The molecular formula is C10H13FN2O4S. The Bertz CT molecular complexity index is 545. The summed E-state index contributed by atoms with van der Waals surface area (Å²) in [4.78, 5) is 10.7. The zero-order valence-corrected chi connectivity index (χ0v) is 10.7. The van der Waals surface area contributed by atoms with Gasteiger partial charge in [-0.2, -0.15) is 12.7 Å². The fourth-order valence-electron chi connectivity index (χ4n) is 1.26. The van der Waals surface area contributed by atoms with Crippen molar-refractivity contribution in [3.8, 4) is 0 Å². The zero-order chi connectivity index (χ0) is 13.9. The van der Waals surface area contributed by atoms with E-state index in [0.717, 1.165) is 10.4 Å². The Morgan fingerprint density at radius 1 is 1.33 bits per heavy atom. The van der Waals surface area contributed by atoms with E-state index < -0.39 is 28.5 Å². The molecule has 0 aliphatic rings. The quantitative estimate of drug-likeness (QED) is 0.850. The Kier molecular flexibility index (Phi) is 4.25. The molecule has 0 radical (unpaired) electrons. The minimum atomic E-state index is -4.06. The third kappa shape index (κ3) is 2.96. The largest absolute Gasteiger partial charge is 0.480 e. The number of hydrogen-bond acceptors (Lipinski definition) is 3. The van der Waals surface area contributed by atoms with E-state index in [-0.39, 0.29) is 5.69 Å². The molecule has 0 unspecified atom stereocenters. The molecule has 0 heterocycles. The molecule has 0 atom stereocenters. The summed E-state index contributed by atoms with van der Waals surface area (Å²) in [7, 11) is -1.58. The van der Waals surface area contributed by atoms with Crippen LogP contribution in [0.15, 0.2) is 24.3 Å². The first-order valence-corrected chi connectivity index (χ1v) is 6.33. The van der Waals surface area contributed by atoms with Crippen molar-refractivity contribution in [2.75, 3.05) is 24.9 Å². The number of anilines is 1. The zero-order valence-electron chi connectivity index (χ0n) is 9.87. The van der Waals surface area contributed by atoms with E-state index in [0.29, 0.717) is 4.31 Å². The highest BCUT2D eigenvalue weighted by Gasteiger charge is 2.28. The third-order valence-electron chi connectivity index (χ3n) is 2.14. The van der Waals surface area contributed by atoms with E-state index in [1.54, 1.807) is 0 Å². The molecule has 0 amide bonds. The third-order valence-corrected chi connectivity index (χ3v) is 3.95. The molecule has 1 aromatic rings. The molecule has 1 aromatic carbocycles. The molecule has 0 aliphatic heterocycles. The van der Waals surface area contributed by atoms with Crippen LogP contribution in [0.2, 0.25) is 0 Å². The Balaban J connectivity index is 3.32. The number of aliphatic carboxylic acids is 1. The molecule has 0 saturated heterocycles. The summed E-state index contributed by atoms with van der Waals surface area (Å²) in [5.74, 6) is -2.17. The first-order chi connectivity index (χ1) is 8.26. The number of benzene rings is 1. The fraction of sp³-hybridized carbons (Fsp3) is 0.300. The van der Waals surface area contributed by atoms with Gasteiger partial charge >= 0.3 is 16.2 Å². The lowest BCUT2D eigenvalue weighted by Gasteiger charge is -2.26. The lowest BCUT2D eigenvalue weighted by atomic mass is 10.3. The van der Waals surface area contributed by atoms with Crippen LogP contribution in [0.4, 0.5) is 10.1 Å². The number of hydrogen-bond donors (Lipinski definition) is 1. The Morgan fingerprint density at radius 2 is 1.89 bits per heavy atom. The molecule has 6 nitrogen and oxygen atoms in total. The van der Waals surface area contributed by atoms with Gasteiger partial charge < -0.3 is 5.11 Å². The van der Waals surface area contributed by atoms with Gasteiger partial charge in [-0.15, -0.1) is 0 Å². The maximum absolute atomic E-state index is 13.6. The summed E-state index contributed by atoms with van der Waals surface area (Å²) in [5.41, 5.74) is -0.298. The van der Waals surface area contributed by atoms with Crippen molar-refractivity contribution in [1.29, 1.82) is 0 Å². The van der Waals surface area contributed by atoms with Crippen molar-refractivity contribution in [2.45, 2.75) is 0 Å². The van der Waals surface area contributed by atoms with Crippen LogP contribution in [0.1, 0.15) is 0 Å². The van der Waals surface area contributed by atoms with Gasteiger partial charge in [0.1, 0.15) is 12.4 Å². The summed E-state index contributed by atoms with van der Waals surface area (Å²) in [6.07, 6.45) is 0. The topological polar surface area (TPSA) is 77.9 Å². The van der Waals surface area contributed by atoms with Gasteiger partial charge in [-0.25, -0.2) is 8.70 Å². The minimum Gasteiger partial charge on any atom is -0.480 e. The first-order valence-electron chi connectivity index (χ1n) is 4.93. The molecule has 18 heavy (non-hydrogen) atoms. The van der Waals surface area contributed by atoms with Gasteiger partial charge in [0.15, 0.2) is 0 Å². The highest BCUT2D eigenvalue weighted by Crippen LogP contribution is 2.22. The second-order valence-corrected chi connectivity index (χ2v) is 5.71. The molecule has 8 heteroatoms. The molecule has 0 bridgehead atoms. The van der Waals surface area contributed by atoms with E-state index in [4.69, 9.17) is 5.11 Å². The standard InChI is InChI=1S/C10H13FN2O4S/c1-12(2)18(16,17)13(7-10(14)15)9-6-4-3-5-8(9)11/h3-6H,7H2,1-2H3,(H,14,15). The molecule has 0 saturated carbocycles. The van der Waals surface area contributed by atoms with Crippen molar-refractivity contribution < 1.29 is 22.7 Å². The van der Waals surface area contributed by atoms with Gasteiger partial charge in [-0.3, -0.25) is 4.79 Å². The smallest absolute Gasteiger partial charge is 0.324 e. The number of carboxylic acids is 1.